The number of hydrogen-bond acceptors (Lipinski definition) is 5. The van der Waals surface area contributed by atoms with Crippen molar-refractivity contribution in [2.24, 2.45) is 0 Å². The summed E-state index contributed by atoms with van der Waals surface area (Å²) in [4.78, 5) is 20.0. The molecule has 1 heterocycles. The first-order chi connectivity index (χ1) is 6.13. The van der Waals surface area contributed by atoms with Crippen LogP contribution in [-0.4, -0.2) is 10.9 Å². The fourth-order valence-corrected chi connectivity index (χ4v) is 0.604. The van der Waals surface area contributed by atoms with Gasteiger partial charge in [-0.25, -0.2) is 4.79 Å². The molecule has 0 aliphatic heterocycles. The van der Waals surface area contributed by atoms with Crippen molar-refractivity contribution in [3.63, 3.8) is 0 Å². The highest BCUT2D eigenvalue weighted by molar-refractivity contribution is 5.82. The zero-order chi connectivity index (χ0) is 9.84. The van der Waals surface area contributed by atoms with Gasteiger partial charge in [0.15, 0.2) is 0 Å². The summed E-state index contributed by atoms with van der Waals surface area (Å²) in [6.07, 6.45) is 0.925. The highest BCUT2D eigenvalue weighted by atomic mass is 16.7. The monoisotopic (exact) mass is 183 g/mol. The summed E-state index contributed by atoms with van der Waals surface area (Å²) in [7, 11) is 0. The van der Waals surface area contributed by atoms with Crippen LogP contribution in [0.1, 0.15) is 0 Å². The van der Waals surface area contributed by atoms with Crippen molar-refractivity contribution in [1.82, 2.24) is 0 Å². The molecule has 0 saturated heterocycles. The lowest BCUT2D eigenvalue weighted by Gasteiger charge is -1.92. The van der Waals surface area contributed by atoms with Crippen molar-refractivity contribution >= 4 is 11.9 Å². The number of nitro groups is 1. The van der Waals surface area contributed by atoms with E-state index in [2.05, 4.69) is 15.7 Å². The molecule has 0 N–H and O–H groups in total. The molecular weight excluding hydrogens is 178 g/mol. The third-order valence-corrected chi connectivity index (χ3v) is 1.11. The smallest absolute Gasteiger partial charge is 0.389 e. The Labute approximate surface area is 72.6 Å². The molecule has 1 aromatic heterocycles. The molecule has 0 aromatic carbocycles. The Morgan fingerprint density at radius 2 is 2.38 bits per heavy atom. The van der Waals surface area contributed by atoms with E-state index in [1.165, 1.54) is 6.07 Å². The van der Waals surface area contributed by atoms with Gasteiger partial charge in [0, 0.05) is 12.1 Å². The second-order valence-corrected chi connectivity index (χ2v) is 1.98. The van der Waals surface area contributed by atoms with Gasteiger partial charge in [-0.2, -0.15) is 0 Å². The Bertz CT molecular complexity index is 354. The molecule has 0 unspecified atom stereocenters. The van der Waals surface area contributed by atoms with Crippen LogP contribution in [0.3, 0.4) is 0 Å². The molecule has 0 aliphatic rings. The molecule has 1 aromatic rings. The Hall–Kier alpha value is -2.11. The van der Waals surface area contributed by atoms with E-state index >= 15 is 0 Å². The summed E-state index contributed by atoms with van der Waals surface area (Å²) in [6.45, 7) is 3.15. The molecule has 68 valence electrons. The van der Waals surface area contributed by atoms with Crippen LogP contribution in [-0.2, 0) is 4.79 Å². The summed E-state index contributed by atoms with van der Waals surface area (Å²) >= 11 is 0. The van der Waals surface area contributed by atoms with Crippen LogP contribution >= 0.6 is 0 Å². The highest BCUT2D eigenvalue weighted by Gasteiger charge is 2.13. The first-order valence-corrected chi connectivity index (χ1v) is 3.22. The number of rotatable bonds is 3. The largest absolute Gasteiger partial charge is 0.436 e. The van der Waals surface area contributed by atoms with E-state index in [0.717, 1.165) is 12.1 Å². The minimum Gasteiger partial charge on any atom is -0.389 e. The predicted octanol–water partition coefficient (Wildman–Crippen LogP) is 1.28. The van der Waals surface area contributed by atoms with Gasteiger partial charge in [-0.15, -0.1) is 0 Å². The number of hydrogen-bond donors (Lipinski definition) is 0. The molecule has 0 amide bonds. The van der Waals surface area contributed by atoms with E-state index in [0.29, 0.717) is 0 Å². The number of carbonyl (C=O) groups is 1. The second kappa shape index (κ2) is 3.53. The average molecular weight is 183 g/mol. The number of esters is 1. The summed E-state index contributed by atoms with van der Waals surface area (Å²) in [5.74, 6) is -1.44. The van der Waals surface area contributed by atoms with Crippen molar-refractivity contribution in [2.45, 2.75) is 0 Å². The van der Waals surface area contributed by atoms with Gasteiger partial charge in [-0.1, -0.05) is 6.58 Å². The van der Waals surface area contributed by atoms with E-state index in [1.807, 2.05) is 0 Å². The number of ether oxygens (including phenoxy) is 1. The third-order valence-electron chi connectivity index (χ3n) is 1.11. The fourth-order valence-electron chi connectivity index (χ4n) is 0.604. The van der Waals surface area contributed by atoms with Crippen molar-refractivity contribution in [3.05, 3.63) is 34.9 Å². The van der Waals surface area contributed by atoms with E-state index in [-0.39, 0.29) is 5.95 Å². The van der Waals surface area contributed by atoms with Crippen molar-refractivity contribution in [1.29, 1.82) is 0 Å². The molecule has 0 atom stereocenters. The second-order valence-electron chi connectivity index (χ2n) is 1.98. The van der Waals surface area contributed by atoms with Crippen molar-refractivity contribution in [3.8, 4) is 5.95 Å². The summed E-state index contributed by atoms with van der Waals surface area (Å²) in [5.41, 5.74) is 0. The van der Waals surface area contributed by atoms with Gasteiger partial charge in [-0.3, -0.25) is 10.1 Å². The molecule has 0 radical (unpaired) electrons. The maximum atomic E-state index is 10.6. The van der Waals surface area contributed by atoms with E-state index in [9.17, 15) is 14.9 Å². The maximum Gasteiger partial charge on any atom is 0.436 e. The molecule has 0 bridgehead atoms. The van der Waals surface area contributed by atoms with Crippen molar-refractivity contribution < 1.29 is 18.9 Å². The highest BCUT2D eigenvalue weighted by Crippen LogP contribution is 2.21. The normalized spacial score (nSPS) is 9.23. The van der Waals surface area contributed by atoms with Crippen LogP contribution in [0, 0.1) is 10.1 Å². The first-order valence-electron chi connectivity index (χ1n) is 3.22. The standard InChI is InChI=1S/C7H5NO5/c1-2-6(9)13-7-4-3-5(12-7)8(10)11/h2-4H,1H2. The van der Waals surface area contributed by atoms with Gasteiger partial charge >= 0.3 is 11.9 Å². The average Bonchev–Trinajstić information content (AvgIpc) is 2.52. The first kappa shape index (κ1) is 8.98. The third kappa shape index (κ3) is 2.16. The predicted molar refractivity (Wildman–Crippen MR) is 41.2 cm³/mol. The van der Waals surface area contributed by atoms with Crippen molar-refractivity contribution in [2.75, 3.05) is 0 Å². The number of carbonyl (C=O) groups excluding carboxylic acids is 1. The van der Waals surface area contributed by atoms with Crippen LogP contribution in [0.2, 0.25) is 0 Å². The maximum absolute atomic E-state index is 10.6. The Morgan fingerprint density at radius 1 is 1.69 bits per heavy atom. The van der Waals surface area contributed by atoms with Gasteiger partial charge in [0.2, 0.25) is 0 Å². The molecule has 1 rings (SSSR count). The van der Waals surface area contributed by atoms with Gasteiger partial charge in [0.1, 0.15) is 4.92 Å². The number of furan rings is 1. The lowest BCUT2D eigenvalue weighted by Crippen LogP contribution is -2.01. The molecular formula is C7H5NO5. The summed E-state index contributed by atoms with van der Waals surface area (Å²) in [5, 5.41) is 10.1. The Kier molecular flexibility index (Phi) is 2.44. The molecule has 0 fully saturated rings. The zero-order valence-electron chi connectivity index (χ0n) is 6.43. The van der Waals surface area contributed by atoms with E-state index in [4.69, 9.17) is 0 Å². The topological polar surface area (TPSA) is 82.6 Å². The van der Waals surface area contributed by atoms with Crippen LogP contribution in [0.15, 0.2) is 29.2 Å². The van der Waals surface area contributed by atoms with E-state index < -0.39 is 16.8 Å². The molecule has 0 spiro atoms. The van der Waals surface area contributed by atoms with Gasteiger partial charge in [0.25, 0.3) is 5.95 Å². The fraction of sp³-hybridized carbons (Fsp3) is 0. The molecule has 0 aliphatic carbocycles. The van der Waals surface area contributed by atoms with Crippen LogP contribution in [0.5, 0.6) is 5.95 Å². The Balaban J connectivity index is 2.74. The minimum atomic E-state index is -0.732. The summed E-state index contributed by atoms with van der Waals surface area (Å²) < 4.78 is 8.99. The SMILES string of the molecule is C=CC(=O)Oc1ccc([N+](=O)[O-])o1. The molecule has 6 nitrogen and oxygen atoms in total. The van der Waals surface area contributed by atoms with Crippen LogP contribution < -0.4 is 4.74 Å². The minimum absolute atomic E-state index is 0.225. The van der Waals surface area contributed by atoms with Crippen LogP contribution in [0.25, 0.3) is 0 Å². The summed E-state index contributed by atoms with van der Waals surface area (Å²) in [6, 6.07) is 2.27. The lowest BCUT2D eigenvalue weighted by atomic mass is 10.6. The Morgan fingerprint density at radius 3 is 2.85 bits per heavy atom. The molecule has 13 heavy (non-hydrogen) atoms. The van der Waals surface area contributed by atoms with Gasteiger partial charge in [-0.05, 0) is 0 Å². The van der Waals surface area contributed by atoms with Crippen LogP contribution in [0.4, 0.5) is 5.88 Å². The molecule has 6 heteroatoms. The quantitative estimate of drug-likeness (QED) is 0.305. The number of nitrogens with zero attached hydrogens (tertiary/aromatic N) is 1. The van der Waals surface area contributed by atoms with Gasteiger partial charge in [0.05, 0.1) is 6.07 Å². The lowest BCUT2D eigenvalue weighted by molar-refractivity contribution is -0.402. The van der Waals surface area contributed by atoms with E-state index in [1.54, 1.807) is 0 Å². The zero-order valence-corrected chi connectivity index (χ0v) is 6.43. The molecule has 0 saturated carbocycles. The van der Waals surface area contributed by atoms with Gasteiger partial charge < -0.3 is 9.15 Å².